The molecular weight excluding hydrogens is 170 g/mol. The van der Waals surface area contributed by atoms with Gasteiger partial charge in [0.25, 0.3) is 0 Å². The maximum absolute atomic E-state index is 11.7. The third kappa shape index (κ3) is 2.64. The molecular formula is C9H19NO3. The van der Waals surface area contributed by atoms with E-state index in [4.69, 9.17) is 9.47 Å². The molecule has 78 valence electrons. The summed E-state index contributed by atoms with van der Waals surface area (Å²) in [6.45, 7) is 1.94. The molecule has 0 aromatic heterocycles. The number of likely N-dealkylation sites (N-methyl/N-ethyl adjacent to an activating group) is 1. The van der Waals surface area contributed by atoms with Gasteiger partial charge in [0.15, 0.2) is 6.29 Å². The van der Waals surface area contributed by atoms with Crippen LogP contribution < -0.4 is 0 Å². The number of ether oxygens (including phenoxy) is 2. The molecule has 3 unspecified atom stereocenters. The molecule has 0 aromatic carbocycles. The van der Waals surface area contributed by atoms with E-state index < -0.39 is 0 Å². The molecule has 0 spiro atoms. The van der Waals surface area contributed by atoms with Crippen LogP contribution in [0.3, 0.4) is 0 Å². The molecule has 13 heavy (non-hydrogen) atoms. The van der Waals surface area contributed by atoms with Crippen molar-refractivity contribution >= 4 is 0 Å². The summed E-state index contributed by atoms with van der Waals surface area (Å²) < 4.78 is 10.3. The Labute approximate surface area is 79.6 Å². The van der Waals surface area contributed by atoms with Gasteiger partial charge in [-0.05, 0) is 6.92 Å². The molecule has 0 aliphatic carbocycles. The van der Waals surface area contributed by atoms with Crippen LogP contribution in [0.4, 0.5) is 0 Å². The minimum absolute atomic E-state index is 0.0220. The minimum atomic E-state index is -0.280. The first-order valence-electron chi connectivity index (χ1n) is 4.68. The predicted molar refractivity (Wildman–Crippen MR) is 49.8 cm³/mol. The van der Waals surface area contributed by atoms with E-state index in [-0.39, 0.29) is 23.1 Å². The van der Waals surface area contributed by atoms with Gasteiger partial charge >= 0.3 is 0 Å². The van der Waals surface area contributed by atoms with Crippen LogP contribution in [0, 0.1) is 5.21 Å². The molecule has 1 rings (SSSR count). The summed E-state index contributed by atoms with van der Waals surface area (Å²) in [4.78, 5) is 0. The molecule has 3 atom stereocenters. The van der Waals surface area contributed by atoms with Crippen molar-refractivity contribution in [3.63, 3.8) is 0 Å². The lowest BCUT2D eigenvalue weighted by Crippen LogP contribution is -2.53. The Morgan fingerprint density at radius 2 is 2.00 bits per heavy atom. The zero-order valence-electron chi connectivity index (χ0n) is 8.82. The van der Waals surface area contributed by atoms with Gasteiger partial charge in [-0.3, -0.25) is 0 Å². The summed E-state index contributed by atoms with van der Waals surface area (Å²) in [6, 6.07) is 0.0337. The fourth-order valence-corrected chi connectivity index (χ4v) is 1.93. The summed E-state index contributed by atoms with van der Waals surface area (Å²) in [7, 11) is 4.96. The number of hydrogen-bond donors (Lipinski definition) is 0. The van der Waals surface area contributed by atoms with Gasteiger partial charge in [0.1, 0.15) is 12.1 Å². The van der Waals surface area contributed by atoms with Crippen molar-refractivity contribution in [2.24, 2.45) is 0 Å². The molecule has 0 bridgehead atoms. The lowest BCUT2D eigenvalue weighted by Gasteiger charge is -2.47. The average molecular weight is 189 g/mol. The Hall–Kier alpha value is -0.160. The molecule has 1 aliphatic rings. The van der Waals surface area contributed by atoms with Crippen LogP contribution in [0.15, 0.2) is 0 Å². The van der Waals surface area contributed by atoms with Crippen molar-refractivity contribution < 1.29 is 14.1 Å². The summed E-state index contributed by atoms with van der Waals surface area (Å²) in [6.07, 6.45) is 1.54. The minimum Gasteiger partial charge on any atom is -0.633 e. The monoisotopic (exact) mass is 189 g/mol. The van der Waals surface area contributed by atoms with Crippen LogP contribution >= 0.6 is 0 Å². The molecule has 4 heteroatoms. The highest BCUT2D eigenvalue weighted by atomic mass is 16.7. The number of rotatable bonds is 2. The highest BCUT2D eigenvalue weighted by Gasteiger charge is 2.34. The van der Waals surface area contributed by atoms with E-state index in [2.05, 4.69) is 0 Å². The van der Waals surface area contributed by atoms with Crippen LogP contribution in [0.5, 0.6) is 0 Å². The zero-order chi connectivity index (χ0) is 10.1. The smallest absolute Gasteiger partial charge is 0.158 e. The first kappa shape index (κ1) is 10.9. The average Bonchev–Trinajstić information content (AvgIpc) is 2.01. The number of quaternary nitrogens is 1. The molecule has 1 fully saturated rings. The number of hydroxylamine groups is 3. The molecule has 1 saturated heterocycles. The van der Waals surface area contributed by atoms with Crippen molar-refractivity contribution in [2.45, 2.75) is 38.2 Å². The van der Waals surface area contributed by atoms with Gasteiger partial charge in [0, 0.05) is 20.0 Å². The van der Waals surface area contributed by atoms with Crippen molar-refractivity contribution in [1.82, 2.24) is 0 Å². The quantitative estimate of drug-likeness (QED) is 0.482. The predicted octanol–water partition coefficient (Wildman–Crippen LogP) is 1.10. The van der Waals surface area contributed by atoms with E-state index in [1.807, 2.05) is 6.92 Å². The van der Waals surface area contributed by atoms with E-state index in [0.29, 0.717) is 0 Å². The van der Waals surface area contributed by atoms with Gasteiger partial charge in [0.2, 0.25) is 0 Å². The van der Waals surface area contributed by atoms with Crippen LogP contribution in [0.1, 0.15) is 19.8 Å². The molecule has 0 radical (unpaired) electrons. The SMILES string of the molecule is COC1CCC([N+](C)(C)[O-])C(C)O1. The zero-order valence-corrected chi connectivity index (χ0v) is 8.82. The summed E-state index contributed by atoms with van der Waals surface area (Å²) in [5.74, 6) is 0. The number of hydrogen-bond acceptors (Lipinski definition) is 3. The van der Waals surface area contributed by atoms with Gasteiger partial charge in [0.05, 0.1) is 14.1 Å². The molecule has 4 nitrogen and oxygen atoms in total. The van der Waals surface area contributed by atoms with E-state index in [1.165, 1.54) is 0 Å². The molecule has 0 saturated carbocycles. The van der Waals surface area contributed by atoms with Crippen molar-refractivity contribution in [2.75, 3.05) is 21.2 Å². The number of nitrogens with zero attached hydrogens (tertiary/aromatic N) is 1. The first-order chi connectivity index (χ1) is 5.95. The lowest BCUT2D eigenvalue weighted by atomic mass is 10.0. The normalized spacial score (nSPS) is 36.2. The van der Waals surface area contributed by atoms with Gasteiger partial charge in [-0.25, -0.2) is 0 Å². The molecule has 0 aromatic rings. The second kappa shape index (κ2) is 3.92. The van der Waals surface area contributed by atoms with Gasteiger partial charge < -0.3 is 19.3 Å². The van der Waals surface area contributed by atoms with Crippen molar-refractivity contribution in [3.8, 4) is 0 Å². The molecule has 1 aliphatic heterocycles. The Bertz CT molecular complexity index is 167. The highest BCUT2D eigenvalue weighted by Crippen LogP contribution is 2.25. The summed E-state index contributed by atoms with van der Waals surface area (Å²) in [5, 5.41) is 11.7. The van der Waals surface area contributed by atoms with E-state index >= 15 is 0 Å². The third-order valence-electron chi connectivity index (χ3n) is 2.67. The largest absolute Gasteiger partial charge is 0.633 e. The van der Waals surface area contributed by atoms with Crippen LogP contribution in [-0.2, 0) is 9.47 Å². The first-order valence-corrected chi connectivity index (χ1v) is 4.68. The molecule has 1 heterocycles. The Kier molecular flexibility index (Phi) is 3.29. The maximum Gasteiger partial charge on any atom is 0.158 e. The Balaban J connectivity index is 2.53. The third-order valence-corrected chi connectivity index (χ3v) is 2.67. The molecule has 0 amide bonds. The van der Waals surface area contributed by atoms with Crippen molar-refractivity contribution in [3.05, 3.63) is 5.21 Å². The second-order valence-corrected chi connectivity index (χ2v) is 4.09. The van der Waals surface area contributed by atoms with E-state index in [0.717, 1.165) is 12.8 Å². The highest BCUT2D eigenvalue weighted by molar-refractivity contribution is 4.73. The summed E-state index contributed by atoms with van der Waals surface area (Å²) in [5.41, 5.74) is 0. The fourth-order valence-electron chi connectivity index (χ4n) is 1.93. The van der Waals surface area contributed by atoms with Crippen LogP contribution in [0.2, 0.25) is 0 Å². The van der Waals surface area contributed by atoms with Gasteiger partial charge in [-0.2, -0.15) is 0 Å². The standard InChI is InChI=1S/C9H19NO3/c1-7-8(10(2,3)11)5-6-9(12-4)13-7/h7-9H,5-6H2,1-4H3. The van der Waals surface area contributed by atoms with Crippen LogP contribution in [-0.4, -0.2) is 44.3 Å². The van der Waals surface area contributed by atoms with Crippen molar-refractivity contribution in [1.29, 1.82) is 0 Å². The Morgan fingerprint density at radius 3 is 2.38 bits per heavy atom. The van der Waals surface area contributed by atoms with Crippen LogP contribution in [0.25, 0.3) is 0 Å². The second-order valence-electron chi connectivity index (χ2n) is 4.09. The van der Waals surface area contributed by atoms with E-state index in [9.17, 15) is 5.21 Å². The van der Waals surface area contributed by atoms with Gasteiger partial charge in [-0.1, -0.05) is 0 Å². The fraction of sp³-hybridized carbons (Fsp3) is 1.00. The number of methoxy groups -OCH3 is 1. The Morgan fingerprint density at radius 1 is 1.38 bits per heavy atom. The molecule has 0 N–H and O–H groups in total. The lowest BCUT2D eigenvalue weighted by molar-refractivity contribution is -0.873. The van der Waals surface area contributed by atoms with Gasteiger partial charge in [-0.15, -0.1) is 0 Å². The maximum atomic E-state index is 11.7. The topological polar surface area (TPSA) is 41.5 Å². The van der Waals surface area contributed by atoms with E-state index in [1.54, 1.807) is 21.2 Å². The summed E-state index contributed by atoms with van der Waals surface area (Å²) >= 11 is 0.